The van der Waals surface area contributed by atoms with Crippen LogP contribution < -0.4 is 4.74 Å². The minimum Gasteiger partial charge on any atom is -0.492 e. The van der Waals surface area contributed by atoms with E-state index in [0.717, 1.165) is 44.9 Å². The first-order valence-corrected chi connectivity index (χ1v) is 9.45. The highest BCUT2D eigenvalue weighted by molar-refractivity contribution is 5.76. The summed E-state index contributed by atoms with van der Waals surface area (Å²) in [5, 5.41) is 0. The number of carbonyl (C=O) groups is 1. The molecule has 0 unspecified atom stereocenters. The summed E-state index contributed by atoms with van der Waals surface area (Å²) in [7, 11) is 0. The third-order valence-corrected chi connectivity index (χ3v) is 4.95. The van der Waals surface area contributed by atoms with Gasteiger partial charge in [-0.25, -0.2) is 0 Å². The Morgan fingerprint density at radius 1 is 0.962 bits per heavy atom. The molecule has 0 spiro atoms. The van der Waals surface area contributed by atoms with Crippen molar-refractivity contribution in [1.29, 1.82) is 0 Å². The first-order chi connectivity index (χ1) is 12.7. The number of nitrogens with zero attached hydrogens (tertiary/aromatic N) is 2. The number of rotatable bonds is 7. The molecule has 1 aliphatic rings. The van der Waals surface area contributed by atoms with E-state index in [4.69, 9.17) is 4.74 Å². The quantitative estimate of drug-likeness (QED) is 0.767. The van der Waals surface area contributed by atoms with Gasteiger partial charge in [0.2, 0.25) is 5.91 Å². The highest BCUT2D eigenvalue weighted by Crippen LogP contribution is 2.16. The predicted molar refractivity (Wildman–Crippen MR) is 104 cm³/mol. The Morgan fingerprint density at radius 2 is 1.65 bits per heavy atom. The summed E-state index contributed by atoms with van der Waals surface area (Å²) in [5.74, 6) is 1.23. The van der Waals surface area contributed by atoms with Gasteiger partial charge in [0.05, 0.1) is 0 Å². The topological polar surface area (TPSA) is 32.8 Å². The number of hydrogen-bond donors (Lipinski definition) is 0. The van der Waals surface area contributed by atoms with Crippen LogP contribution >= 0.6 is 0 Å². The van der Waals surface area contributed by atoms with E-state index in [-0.39, 0.29) is 5.91 Å². The van der Waals surface area contributed by atoms with E-state index in [2.05, 4.69) is 30.0 Å². The molecule has 1 fully saturated rings. The van der Waals surface area contributed by atoms with Crippen molar-refractivity contribution in [2.75, 3.05) is 39.3 Å². The van der Waals surface area contributed by atoms with E-state index in [9.17, 15) is 4.79 Å². The SMILES string of the molecule is Cc1ccccc1OCCN1CCN(C(=O)CCc2ccccc2)CC1. The molecule has 138 valence electrons. The normalized spacial score (nSPS) is 15.0. The minimum absolute atomic E-state index is 0.268. The molecule has 0 aromatic heterocycles. The monoisotopic (exact) mass is 352 g/mol. The van der Waals surface area contributed by atoms with Crippen LogP contribution in [0.5, 0.6) is 5.75 Å². The fourth-order valence-corrected chi connectivity index (χ4v) is 3.28. The maximum absolute atomic E-state index is 12.4. The molecule has 4 heteroatoms. The standard InChI is InChI=1S/C22H28N2O2/c1-19-7-5-6-10-21(19)26-18-17-23-13-15-24(16-14-23)22(25)12-11-20-8-3-2-4-9-20/h2-10H,11-18H2,1H3. The van der Waals surface area contributed by atoms with Crippen molar-refractivity contribution in [2.45, 2.75) is 19.8 Å². The van der Waals surface area contributed by atoms with Gasteiger partial charge < -0.3 is 9.64 Å². The minimum atomic E-state index is 0.268. The van der Waals surface area contributed by atoms with Crippen molar-refractivity contribution in [2.24, 2.45) is 0 Å². The lowest BCUT2D eigenvalue weighted by atomic mass is 10.1. The van der Waals surface area contributed by atoms with Crippen molar-refractivity contribution < 1.29 is 9.53 Å². The van der Waals surface area contributed by atoms with E-state index in [1.165, 1.54) is 11.1 Å². The Kier molecular flexibility index (Phi) is 6.67. The zero-order chi connectivity index (χ0) is 18.2. The largest absolute Gasteiger partial charge is 0.492 e. The first kappa shape index (κ1) is 18.5. The van der Waals surface area contributed by atoms with Crippen molar-refractivity contribution in [3.63, 3.8) is 0 Å². The number of ether oxygens (including phenoxy) is 1. The van der Waals surface area contributed by atoms with E-state index < -0.39 is 0 Å². The molecule has 1 aliphatic heterocycles. The summed E-state index contributed by atoms with van der Waals surface area (Å²) in [6, 6.07) is 18.3. The highest BCUT2D eigenvalue weighted by Gasteiger charge is 2.20. The fourth-order valence-electron chi connectivity index (χ4n) is 3.28. The summed E-state index contributed by atoms with van der Waals surface area (Å²) in [4.78, 5) is 16.8. The third kappa shape index (κ3) is 5.33. The Balaban J connectivity index is 1.34. The second-order valence-electron chi connectivity index (χ2n) is 6.82. The molecule has 26 heavy (non-hydrogen) atoms. The van der Waals surface area contributed by atoms with Crippen LogP contribution in [-0.4, -0.2) is 55.0 Å². The number of benzene rings is 2. The Labute approximate surface area is 156 Å². The molecule has 0 N–H and O–H groups in total. The molecule has 1 amide bonds. The molecule has 0 aliphatic carbocycles. The van der Waals surface area contributed by atoms with Gasteiger partial charge in [-0.05, 0) is 30.5 Å². The van der Waals surface area contributed by atoms with Crippen LogP contribution in [0.1, 0.15) is 17.5 Å². The lowest BCUT2D eigenvalue weighted by molar-refractivity contribution is -0.132. The molecule has 4 nitrogen and oxygen atoms in total. The molecule has 1 heterocycles. The molecule has 0 radical (unpaired) electrons. The van der Waals surface area contributed by atoms with E-state index >= 15 is 0 Å². The van der Waals surface area contributed by atoms with Crippen LogP contribution in [0, 0.1) is 6.92 Å². The van der Waals surface area contributed by atoms with Gasteiger partial charge in [-0.15, -0.1) is 0 Å². The van der Waals surface area contributed by atoms with Gasteiger partial charge in [-0.3, -0.25) is 9.69 Å². The van der Waals surface area contributed by atoms with E-state index in [1.54, 1.807) is 0 Å². The molecule has 0 saturated carbocycles. The third-order valence-electron chi connectivity index (χ3n) is 4.95. The number of carbonyl (C=O) groups excluding carboxylic acids is 1. The summed E-state index contributed by atoms with van der Waals surface area (Å²) in [6.45, 7) is 7.14. The number of hydrogen-bond acceptors (Lipinski definition) is 3. The molecule has 0 bridgehead atoms. The number of amides is 1. The summed E-state index contributed by atoms with van der Waals surface area (Å²) in [6.07, 6.45) is 1.42. The highest BCUT2D eigenvalue weighted by atomic mass is 16.5. The fraction of sp³-hybridized carbons (Fsp3) is 0.409. The molecular weight excluding hydrogens is 324 g/mol. The van der Waals surface area contributed by atoms with Gasteiger partial charge in [-0.1, -0.05) is 48.5 Å². The van der Waals surface area contributed by atoms with Crippen LogP contribution in [0.4, 0.5) is 0 Å². The maximum Gasteiger partial charge on any atom is 0.222 e. The molecule has 1 saturated heterocycles. The van der Waals surface area contributed by atoms with Gasteiger partial charge >= 0.3 is 0 Å². The molecule has 0 atom stereocenters. The summed E-state index contributed by atoms with van der Waals surface area (Å²) < 4.78 is 5.88. The van der Waals surface area contributed by atoms with E-state index in [1.807, 2.05) is 41.3 Å². The average Bonchev–Trinajstić information content (AvgIpc) is 2.69. The molecule has 2 aromatic rings. The van der Waals surface area contributed by atoms with Crippen LogP contribution in [0.3, 0.4) is 0 Å². The molecular formula is C22H28N2O2. The van der Waals surface area contributed by atoms with Crippen LogP contribution in [0.25, 0.3) is 0 Å². The van der Waals surface area contributed by atoms with Crippen molar-refractivity contribution in [1.82, 2.24) is 9.80 Å². The number of piperazine rings is 1. The summed E-state index contributed by atoms with van der Waals surface area (Å²) >= 11 is 0. The number of aryl methyl sites for hydroxylation is 2. The zero-order valence-corrected chi connectivity index (χ0v) is 15.6. The van der Waals surface area contributed by atoms with Gasteiger partial charge in [0.1, 0.15) is 12.4 Å². The molecule has 2 aromatic carbocycles. The van der Waals surface area contributed by atoms with Crippen molar-refractivity contribution in [3.05, 3.63) is 65.7 Å². The van der Waals surface area contributed by atoms with Crippen LogP contribution in [0.15, 0.2) is 54.6 Å². The Bertz CT molecular complexity index is 694. The van der Waals surface area contributed by atoms with Gasteiger partial charge in [0.25, 0.3) is 0 Å². The average molecular weight is 352 g/mol. The maximum atomic E-state index is 12.4. The Morgan fingerprint density at radius 3 is 2.38 bits per heavy atom. The summed E-state index contributed by atoms with van der Waals surface area (Å²) in [5.41, 5.74) is 2.40. The van der Waals surface area contributed by atoms with Gasteiger partial charge in [0, 0.05) is 39.1 Å². The first-order valence-electron chi connectivity index (χ1n) is 9.45. The second-order valence-corrected chi connectivity index (χ2v) is 6.82. The second kappa shape index (κ2) is 9.39. The van der Waals surface area contributed by atoms with Crippen molar-refractivity contribution in [3.8, 4) is 5.75 Å². The smallest absolute Gasteiger partial charge is 0.222 e. The Hall–Kier alpha value is -2.33. The van der Waals surface area contributed by atoms with Gasteiger partial charge in [-0.2, -0.15) is 0 Å². The zero-order valence-electron chi connectivity index (χ0n) is 15.6. The van der Waals surface area contributed by atoms with Crippen LogP contribution in [0.2, 0.25) is 0 Å². The van der Waals surface area contributed by atoms with E-state index in [0.29, 0.717) is 13.0 Å². The lowest BCUT2D eigenvalue weighted by Gasteiger charge is -2.34. The van der Waals surface area contributed by atoms with Crippen molar-refractivity contribution >= 4 is 5.91 Å². The number of para-hydroxylation sites is 1. The lowest BCUT2D eigenvalue weighted by Crippen LogP contribution is -2.49. The van der Waals surface area contributed by atoms with Gasteiger partial charge in [0.15, 0.2) is 0 Å². The van der Waals surface area contributed by atoms with Crippen LogP contribution in [-0.2, 0) is 11.2 Å². The molecule has 3 rings (SSSR count). The predicted octanol–water partition coefficient (Wildman–Crippen LogP) is 3.15.